The van der Waals surface area contributed by atoms with Gasteiger partial charge in [0.05, 0.1) is 5.56 Å². The topological polar surface area (TPSA) is 58.4 Å². The number of benzene rings is 1. The fourth-order valence-corrected chi connectivity index (χ4v) is 2.94. The van der Waals surface area contributed by atoms with Crippen LogP contribution in [-0.2, 0) is 21.6 Å². The van der Waals surface area contributed by atoms with Crippen LogP contribution in [0.3, 0.4) is 0 Å². The van der Waals surface area contributed by atoms with E-state index in [0.717, 1.165) is 12.1 Å². The van der Waals surface area contributed by atoms with Gasteiger partial charge < -0.3 is 9.47 Å². The van der Waals surface area contributed by atoms with E-state index in [2.05, 4.69) is 10.1 Å². The molecule has 9 heteroatoms. The van der Waals surface area contributed by atoms with Crippen molar-refractivity contribution in [1.82, 2.24) is 14.8 Å². The summed E-state index contributed by atoms with van der Waals surface area (Å²) in [6, 6.07) is 4.66. The molecule has 0 saturated carbocycles. The first-order valence-electron chi connectivity index (χ1n) is 8.47. The molecule has 1 aliphatic rings. The van der Waals surface area contributed by atoms with E-state index in [4.69, 9.17) is 14.2 Å². The van der Waals surface area contributed by atoms with E-state index in [0.29, 0.717) is 0 Å². The Morgan fingerprint density at radius 2 is 1.93 bits per heavy atom. The van der Waals surface area contributed by atoms with Crippen molar-refractivity contribution >= 4 is 0 Å². The molecule has 148 valence electrons. The predicted octanol–water partition coefficient (Wildman–Crippen LogP) is 4.18. The van der Waals surface area contributed by atoms with Gasteiger partial charge in [-0.05, 0) is 25.1 Å². The Hall–Kier alpha value is -2.13. The number of alkyl halides is 3. The molecular weight excluding hydrogens is 363 g/mol. The summed E-state index contributed by atoms with van der Waals surface area (Å²) >= 11 is 0. The van der Waals surface area contributed by atoms with Crippen LogP contribution in [0.5, 0.6) is 5.75 Å². The molecular formula is C18H22F3N3O3. The number of aromatic nitrogens is 3. The average Bonchev–Trinajstić information content (AvgIpc) is 3.14. The molecule has 0 aliphatic carbocycles. The molecule has 3 rings (SSSR count). The van der Waals surface area contributed by atoms with Crippen molar-refractivity contribution in [3.63, 3.8) is 0 Å². The van der Waals surface area contributed by atoms with Crippen molar-refractivity contribution < 1.29 is 27.4 Å². The molecule has 2 aromatic rings. The van der Waals surface area contributed by atoms with Gasteiger partial charge in [0.15, 0.2) is 0 Å². The molecule has 27 heavy (non-hydrogen) atoms. The molecule has 1 aliphatic heterocycles. The van der Waals surface area contributed by atoms with Gasteiger partial charge in [-0.15, -0.1) is 0 Å². The molecule has 2 heterocycles. The minimum atomic E-state index is -4.46. The van der Waals surface area contributed by atoms with Crippen molar-refractivity contribution in [1.29, 1.82) is 0 Å². The zero-order chi connectivity index (χ0) is 20.1. The first kappa shape index (κ1) is 19.6. The van der Waals surface area contributed by atoms with Gasteiger partial charge in [-0.25, -0.2) is 4.98 Å². The first-order valence-corrected chi connectivity index (χ1v) is 8.47. The SMILES string of the molecule is CC1OC(n2cncn2)(C(C)(C)C)OC1(C)Oc1cccc(C(F)(F)F)c1. The van der Waals surface area contributed by atoms with E-state index in [9.17, 15) is 13.2 Å². The van der Waals surface area contributed by atoms with E-state index < -0.39 is 35.0 Å². The normalized spacial score (nSPS) is 29.1. The molecule has 6 nitrogen and oxygen atoms in total. The van der Waals surface area contributed by atoms with E-state index in [-0.39, 0.29) is 5.75 Å². The van der Waals surface area contributed by atoms with Gasteiger partial charge in [-0.1, -0.05) is 26.8 Å². The smallest absolute Gasteiger partial charge is 0.416 e. The summed E-state index contributed by atoms with van der Waals surface area (Å²) in [5.41, 5.74) is -1.38. The number of hydrogen-bond donors (Lipinski definition) is 0. The molecule has 3 atom stereocenters. The molecule has 1 saturated heterocycles. The Balaban J connectivity index is 1.95. The summed E-state index contributed by atoms with van der Waals surface area (Å²) in [6.07, 6.45) is -2.24. The zero-order valence-corrected chi connectivity index (χ0v) is 15.7. The van der Waals surface area contributed by atoms with Crippen LogP contribution in [0.4, 0.5) is 13.2 Å². The van der Waals surface area contributed by atoms with Gasteiger partial charge >= 0.3 is 6.18 Å². The molecule has 0 amide bonds. The quantitative estimate of drug-likeness (QED) is 0.793. The van der Waals surface area contributed by atoms with Crippen molar-refractivity contribution in [3.8, 4) is 5.75 Å². The standard InChI is InChI=1S/C18H22F3N3O3/c1-12-16(5,26-14-8-6-7-13(9-14)17(19,20)21)27-18(25-12,15(2,3)4)24-11-22-10-23-24/h6-12H,1-5H3. The summed E-state index contributed by atoms with van der Waals surface area (Å²) in [7, 11) is 0. The Kier molecular flexibility index (Phi) is 4.51. The van der Waals surface area contributed by atoms with Crippen LogP contribution in [-0.4, -0.2) is 26.7 Å². The molecule has 0 N–H and O–H groups in total. The van der Waals surface area contributed by atoms with Crippen LogP contribution in [0.25, 0.3) is 0 Å². The average molecular weight is 385 g/mol. The largest absolute Gasteiger partial charge is 0.460 e. The molecule has 0 radical (unpaired) electrons. The summed E-state index contributed by atoms with van der Waals surface area (Å²) in [5, 5.41) is 4.14. The molecule has 1 aromatic heterocycles. The minimum absolute atomic E-state index is 0.0334. The van der Waals surface area contributed by atoms with Gasteiger partial charge in [0.2, 0.25) is 5.79 Å². The molecule has 3 unspecified atom stereocenters. The highest BCUT2D eigenvalue weighted by molar-refractivity contribution is 5.30. The maximum absolute atomic E-state index is 13.0. The summed E-state index contributed by atoms with van der Waals surface area (Å²) in [4.78, 5) is 3.95. The Bertz CT molecular complexity index is 804. The monoisotopic (exact) mass is 385 g/mol. The fraction of sp³-hybridized carbons (Fsp3) is 0.556. The van der Waals surface area contributed by atoms with E-state index >= 15 is 0 Å². The van der Waals surface area contributed by atoms with Crippen LogP contribution >= 0.6 is 0 Å². The number of rotatable bonds is 3. The number of hydrogen-bond acceptors (Lipinski definition) is 5. The van der Waals surface area contributed by atoms with Crippen LogP contribution in [0, 0.1) is 5.41 Å². The van der Waals surface area contributed by atoms with Gasteiger partial charge in [-0.3, -0.25) is 4.74 Å². The summed E-state index contributed by atoms with van der Waals surface area (Å²) in [5.74, 6) is -2.64. The van der Waals surface area contributed by atoms with Crippen LogP contribution < -0.4 is 4.74 Å². The highest BCUT2D eigenvalue weighted by atomic mass is 19.4. The highest BCUT2D eigenvalue weighted by Crippen LogP contribution is 2.50. The third-order valence-electron chi connectivity index (χ3n) is 4.57. The maximum atomic E-state index is 13.0. The van der Waals surface area contributed by atoms with Gasteiger partial charge in [0, 0.05) is 12.3 Å². The van der Waals surface area contributed by atoms with Gasteiger partial charge in [0.25, 0.3) is 5.91 Å². The van der Waals surface area contributed by atoms with Gasteiger partial charge in [0.1, 0.15) is 24.5 Å². The fourth-order valence-electron chi connectivity index (χ4n) is 2.94. The number of halogens is 3. The van der Waals surface area contributed by atoms with E-state index in [1.54, 1.807) is 13.8 Å². The van der Waals surface area contributed by atoms with Crippen molar-refractivity contribution in [2.24, 2.45) is 5.41 Å². The summed E-state index contributed by atoms with van der Waals surface area (Å²) in [6.45, 7) is 9.06. The second-order valence-corrected chi connectivity index (χ2v) is 7.68. The lowest BCUT2D eigenvalue weighted by Gasteiger charge is -2.39. The molecule has 1 fully saturated rings. The second-order valence-electron chi connectivity index (χ2n) is 7.68. The van der Waals surface area contributed by atoms with E-state index in [1.807, 2.05) is 20.8 Å². The Morgan fingerprint density at radius 1 is 1.22 bits per heavy atom. The Morgan fingerprint density at radius 3 is 2.48 bits per heavy atom. The number of ether oxygens (including phenoxy) is 3. The third-order valence-corrected chi connectivity index (χ3v) is 4.57. The lowest BCUT2D eigenvalue weighted by molar-refractivity contribution is -0.330. The summed E-state index contributed by atoms with van der Waals surface area (Å²) < 4.78 is 58.6. The maximum Gasteiger partial charge on any atom is 0.416 e. The Labute approximate surface area is 155 Å². The van der Waals surface area contributed by atoms with Crippen molar-refractivity contribution in [2.45, 2.75) is 58.6 Å². The third kappa shape index (κ3) is 3.41. The lowest BCUT2D eigenvalue weighted by atomic mass is 9.91. The van der Waals surface area contributed by atoms with Crippen molar-refractivity contribution in [2.75, 3.05) is 0 Å². The number of nitrogens with zero attached hydrogens (tertiary/aromatic N) is 3. The predicted molar refractivity (Wildman–Crippen MR) is 89.6 cm³/mol. The second kappa shape index (κ2) is 6.20. The van der Waals surface area contributed by atoms with Crippen LogP contribution in [0.2, 0.25) is 0 Å². The van der Waals surface area contributed by atoms with E-state index in [1.165, 1.54) is 29.5 Å². The lowest BCUT2D eigenvalue weighted by Crippen LogP contribution is -2.49. The molecule has 1 aromatic carbocycles. The van der Waals surface area contributed by atoms with Crippen molar-refractivity contribution in [3.05, 3.63) is 42.5 Å². The van der Waals surface area contributed by atoms with Gasteiger partial charge in [-0.2, -0.15) is 23.0 Å². The highest BCUT2D eigenvalue weighted by Gasteiger charge is 2.62. The molecule has 0 spiro atoms. The zero-order valence-electron chi connectivity index (χ0n) is 15.7. The van der Waals surface area contributed by atoms with Crippen LogP contribution in [0.1, 0.15) is 40.2 Å². The first-order chi connectivity index (χ1) is 12.4. The minimum Gasteiger partial charge on any atom is -0.460 e. The van der Waals surface area contributed by atoms with Crippen LogP contribution in [0.15, 0.2) is 36.9 Å². The molecule has 0 bridgehead atoms.